The van der Waals surface area contributed by atoms with E-state index in [-0.39, 0.29) is 4.90 Å². The summed E-state index contributed by atoms with van der Waals surface area (Å²) < 4.78 is 26.0. The van der Waals surface area contributed by atoms with Crippen LogP contribution in [0.2, 0.25) is 0 Å². The van der Waals surface area contributed by atoms with Gasteiger partial charge < -0.3 is 11.5 Å². The molecule has 0 aliphatic rings. The lowest BCUT2D eigenvalue weighted by Gasteiger charge is -2.13. The molecule has 0 spiro atoms. The molecule has 0 heterocycles. The molecule has 0 amide bonds. The molecule has 1 unspecified atom stereocenters. The van der Waals surface area contributed by atoms with Crippen LogP contribution in [0.15, 0.2) is 29.2 Å². The zero-order valence-corrected chi connectivity index (χ0v) is 10.00. The van der Waals surface area contributed by atoms with Crippen LogP contribution in [0.1, 0.15) is 19.8 Å². The minimum atomic E-state index is -3.56. The molecule has 16 heavy (non-hydrogen) atoms. The number of nitrogens with two attached hydrogens (primary N) is 2. The molecule has 1 aromatic rings. The number of nitrogen functional groups attached to an aromatic ring is 1. The summed E-state index contributed by atoms with van der Waals surface area (Å²) in [4.78, 5) is 0.138. The van der Waals surface area contributed by atoms with E-state index < -0.39 is 16.2 Å². The van der Waals surface area contributed by atoms with Gasteiger partial charge in [-0.1, -0.05) is 19.4 Å². The molecule has 0 aliphatic carbocycles. The first-order chi connectivity index (χ1) is 7.45. The highest BCUT2D eigenvalue weighted by molar-refractivity contribution is 7.89. The van der Waals surface area contributed by atoms with Crippen molar-refractivity contribution in [3.63, 3.8) is 0 Å². The summed E-state index contributed by atoms with van der Waals surface area (Å²) in [7, 11) is -3.56. The number of sulfonamides is 1. The lowest BCUT2D eigenvalue weighted by molar-refractivity contribution is 0.533. The van der Waals surface area contributed by atoms with Crippen molar-refractivity contribution < 1.29 is 8.42 Å². The van der Waals surface area contributed by atoms with Crippen LogP contribution in [0.3, 0.4) is 0 Å². The quantitative estimate of drug-likeness (QED) is 0.522. The Morgan fingerprint density at radius 3 is 2.69 bits per heavy atom. The maximum absolute atomic E-state index is 11.8. The predicted octanol–water partition coefficient (Wildman–Crippen LogP) is 0.632. The Morgan fingerprint density at radius 1 is 1.44 bits per heavy atom. The van der Waals surface area contributed by atoms with Crippen molar-refractivity contribution >= 4 is 15.7 Å². The maximum Gasteiger partial charge on any atom is 0.241 e. The molecule has 0 aromatic heterocycles. The van der Waals surface area contributed by atoms with E-state index in [1.54, 1.807) is 12.1 Å². The smallest absolute Gasteiger partial charge is 0.241 e. The van der Waals surface area contributed by atoms with E-state index in [9.17, 15) is 8.42 Å². The van der Waals surface area contributed by atoms with Gasteiger partial charge in [-0.3, -0.25) is 0 Å². The van der Waals surface area contributed by atoms with Crippen LogP contribution in [0, 0.1) is 0 Å². The molecule has 5 N–H and O–H groups in total. The Labute approximate surface area is 95.9 Å². The second kappa shape index (κ2) is 5.29. The van der Waals surface area contributed by atoms with Crippen molar-refractivity contribution in [1.29, 1.82) is 0 Å². The second-order valence-electron chi connectivity index (χ2n) is 3.59. The third-order valence-electron chi connectivity index (χ3n) is 2.07. The Morgan fingerprint density at radius 2 is 2.12 bits per heavy atom. The van der Waals surface area contributed by atoms with E-state index in [1.165, 1.54) is 12.1 Å². The van der Waals surface area contributed by atoms with Gasteiger partial charge in [-0.15, -0.1) is 0 Å². The zero-order chi connectivity index (χ0) is 12.2. The van der Waals surface area contributed by atoms with E-state index in [1.807, 2.05) is 6.92 Å². The van der Waals surface area contributed by atoms with Gasteiger partial charge in [0.15, 0.2) is 0 Å². The molecule has 0 radical (unpaired) electrons. The highest BCUT2D eigenvalue weighted by Crippen LogP contribution is 2.12. The van der Waals surface area contributed by atoms with Gasteiger partial charge in [0.05, 0.1) is 11.1 Å². The van der Waals surface area contributed by atoms with Crippen LogP contribution in [0.4, 0.5) is 5.69 Å². The number of benzene rings is 1. The summed E-state index contributed by atoms with van der Waals surface area (Å²) in [6.07, 6.45) is 0.860. The predicted molar refractivity (Wildman–Crippen MR) is 64.1 cm³/mol. The van der Waals surface area contributed by atoms with Crippen molar-refractivity contribution in [3.8, 4) is 0 Å². The minimum absolute atomic E-state index is 0.138. The van der Waals surface area contributed by atoms with Crippen LogP contribution < -0.4 is 16.2 Å². The van der Waals surface area contributed by atoms with Crippen LogP contribution in [0.5, 0.6) is 0 Å². The molecule has 90 valence electrons. The maximum atomic E-state index is 11.8. The van der Waals surface area contributed by atoms with Gasteiger partial charge in [0.2, 0.25) is 10.0 Å². The van der Waals surface area contributed by atoms with Gasteiger partial charge in [-0.25, -0.2) is 8.42 Å². The summed E-state index contributed by atoms with van der Waals surface area (Å²) in [6.45, 7) is 1.94. The molecule has 0 fully saturated rings. The number of hydrogen-bond donors (Lipinski definition) is 3. The molecular weight excluding hydrogens is 226 g/mol. The molecule has 0 saturated carbocycles. The third kappa shape index (κ3) is 3.48. The van der Waals surface area contributed by atoms with Gasteiger partial charge in [0.25, 0.3) is 0 Å². The first-order valence-corrected chi connectivity index (χ1v) is 6.57. The number of rotatable bonds is 5. The molecular formula is C10H17N3O2S. The number of hydrogen-bond acceptors (Lipinski definition) is 4. The summed E-state index contributed by atoms with van der Waals surface area (Å²) in [5, 5.41) is 0. The molecule has 1 atom stereocenters. The van der Waals surface area contributed by atoms with E-state index >= 15 is 0 Å². The summed E-state index contributed by atoms with van der Waals surface area (Å²) >= 11 is 0. The molecule has 1 aromatic carbocycles. The van der Waals surface area contributed by atoms with Crippen molar-refractivity contribution in [2.45, 2.75) is 30.8 Å². The molecule has 1 rings (SSSR count). The molecule has 0 aliphatic heterocycles. The summed E-state index contributed by atoms with van der Waals surface area (Å²) in [6, 6.07) is 6.11. The van der Waals surface area contributed by atoms with Crippen LogP contribution in [-0.4, -0.2) is 14.6 Å². The number of anilines is 1. The fourth-order valence-electron chi connectivity index (χ4n) is 1.32. The third-order valence-corrected chi connectivity index (χ3v) is 3.56. The van der Waals surface area contributed by atoms with E-state index in [0.717, 1.165) is 6.42 Å². The Balaban J connectivity index is 2.86. The lowest BCUT2D eigenvalue weighted by Crippen LogP contribution is -2.41. The van der Waals surface area contributed by atoms with Crippen molar-refractivity contribution in [2.75, 3.05) is 5.73 Å². The van der Waals surface area contributed by atoms with Gasteiger partial charge >= 0.3 is 0 Å². The average Bonchev–Trinajstić information content (AvgIpc) is 2.17. The van der Waals surface area contributed by atoms with Crippen LogP contribution in [0.25, 0.3) is 0 Å². The summed E-state index contributed by atoms with van der Waals surface area (Å²) in [5.74, 6) is 0. The zero-order valence-electron chi connectivity index (χ0n) is 9.18. The van der Waals surface area contributed by atoms with Gasteiger partial charge in [0, 0.05) is 5.69 Å². The fourth-order valence-corrected chi connectivity index (χ4v) is 2.52. The van der Waals surface area contributed by atoms with Gasteiger partial charge in [-0.2, -0.15) is 4.72 Å². The van der Waals surface area contributed by atoms with Crippen molar-refractivity contribution in [1.82, 2.24) is 4.72 Å². The first kappa shape index (κ1) is 13.0. The highest BCUT2D eigenvalue weighted by Gasteiger charge is 2.16. The molecule has 0 bridgehead atoms. The standard InChI is InChI=1S/C10H17N3O2S/c1-2-4-10(12)13-16(14,15)9-6-3-5-8(11)7-9/h3,5-7,10,13H,2,4,11-12H2,1H3. The van der Waals surface area contributed by atoms with Gasteiger partial charge in [-0.05, 0) is 24.6 Å². The fraction of sp³-hybridized carbons (Fsp3) is 0.400. The lowest BCUT2D eigenvalue weighted by atomic mass is 10.3. The van der Waals surface area contributed by atoms with Crippen LogP contribution in [-0.2, 0) is 10.0 Å². The Bertz CT molecular complexity index is 445. The molecule has 6 heteroatoms. The Hall–Kier alpha value is -1.11. The topological polar surface area (TPSA) is 98.2 Å². The summed E-state index contributed by atoms with van der Waals surface area (Å²) in [5.41, 5.74) is 11.6. The SMILES string of the molecule is CCCC(N)NS(=O)(=O)c1cccc(N)c1. The highest BCUT2D eigenvalue weighted by atomic mass is 32.2. The van der Waals surface area contributed by atoms with Crippen molar-refractivity contribution in [2.24, 2.45) is 5.73 Å². The van der Waals surface area contributed by atoms with Crippen LogP contribution >= 0.6 is 0 Å². The number of nitrogens with one attached hydrogen (secondary N) is 1. The molecule has 0 saturated heterocycles. The van der Waals surface area contributed by atoms with E-state index in [2.05, 4.69) is 4.72 Å². The van der Waals surface area contributed by atoms with Crippen molar-refractivity contribution in [3.05, 3.63) is 24.3 Å². The van der Waals surface area contributed by atoms with Gasteiger partial charge in [0.1, 0.15) is 0 Å². The molecule has 5 nitrogen and oxygen atoms in total. The normalized spacial score (nSPS) is 13.6. The monoisotopic (exact) mass is 243 g/mol. The minimum Gasteiger partial charge on any atom is -0.399 e. The largest absolute Gasteiger partial charge is 0.399 e. The first-order valence-electron chi connectivity index (χ1n) is 5.09. The average molecular weight is 243 g/mol. The second-order valence-corrected chi connectivity index (χ2v) is 5.30. The van der Waals surface area contributed by atoms with E-state index in [0.29, 0.717) is 12.1 Å². The van der Waals surface area contributed by atoms with E-state index in [4.69, 9.17) is 11.5 Å². The Kier molecular flexibility index (Phi) is 4.28.